The number of hydrogen-bond acceptors (Lipinski definition) is 5. The molecule has 170 valence electrons. The van der Waals surface area contributed by atoms with E-state index in [1.165, 1.54) is 12.1 Å². The number of benzene rings is 2. The minimum absolute atomic E-state index is 0.191. The highest BCUT2D eigenvalue weighted by molar-refractivity contribution is 5.79. The second kappa shape index (κ2) is 8.14. The van der Waals surface area contributed by atoms with Crippen molar-refractivity contribution >= 4 is 22.6 Å². The summed E-state index contributed by atoms with van der Waals surface area (Å²) >= 11 is 0. The van der Waals surface area contributed by atoms with Gasteiger partial charge >= 0.3 is 12.0 Å². The molecule has 2 aromatic carbocycles. The number of carboxylic acid groups (broad SMARTS) is 1. The Morgan fingerprint density at radius 2 is 1.85 bits per heavy atom. The lowest BCUT2D eigenvalue weighted by atomic mass is 10.0. The van der Waals surface area contributed by atoms with E-state index in [2.05, 4.69) is 25.6 Å². The molecule has 0 radical (unpaired) electrons. The van der Waals surface area contributed by atoms with Gasteiger partial charge in [-0.3, -0.25) is 4.98 Å². The Morgan fingerprint density at radius 1 is 1.06 bits per heavy atom. The summed E-state index contributed by atoms with van der Waals surface area (Å²) in [4.78, 5) is 15.0. The highest BCUT2D eigenvalue weighted by Crippen LogP contribution is 2.36. The third kappa shape index (κ3) is 3.79. The van der Waals surface area contributed by atoms with Crippen LogP contribution in [0.25, 0.3) is 27.8 Å². The van der Waals surface area contributed by atoms with Gasteiger partial charge in [-0.1, -0.05) is 36.4 Å². The van der Waals surface area contributed by atoms with Crippen molar-refractivity contribution in [1.29, 1.82) is 0 Å². The molecule has 0 aliphatic carbocycles. The first-order chi connectivity index (χ1) is 16.3. The smallest absolute Gasteiger partial charge is 0.405 e. The molecule has 0 saturated heterocycles. The van der Waals surface area contributed by atoms with Crippen molar-refractivity contribution in [2.45, 2.75) is 18.9 Å². The molecule has 10 heteroatoms. The van der Waals surface area contributed by atoms with E-state index in [-0.39, 0.29) is 11.2 Å². The number of amides is 1. The Balaban J connectivity index is 1.52. The average molecular weight is 460 g/mol. The van der Waals surface area contributed by atoms with Crippen molar-refractivity contribution in [2.75, 3.05) is 0 Å². The molecule has 0 aliphatic rings. The summed E-state index contributed by atoms with van der Waals surface area (Å²) in [7, 11) is 0. The van der Waals surface area contributed by atoms with E-state index in [4.69, 9.17) is 5.11 Å². The van der Waals surface area contributed by atoms with Crippen LogP contribution in [0.3, 0.4) is 0 Å². The standard InChI is InChI=1S/C24H18F2N6O2/c1-14(28-23(33)34)15-4-6-16(7-5-15)20-10-11-21-29-30-22(32(21)31-20)24(25,26)18-8-9-19-17(13-18)3-2-12-27-19/h2-14,28H,1H3,(H,33,34). The zero-order valence-electron chi connectivity index (χ0n) is 17.9. The van der Waals surface area contributed by atoms with Gasteiger partial charge in [0.05, 0.1) is 17.3 Å². The SMILES string of the molecule is CC(NC(=O)O)c1ccc(-c2ccc3nnc(C(F)(F)c4ccc5ncccc5c4)n3n2)cc1. The molecular formula is C24H18F2N6O2. The molecule has 2 N–H and O–H groups in total. The van der Waals surface area contributed by atoms with E-state index >= 15 is 8.78 Å². The Kier molecular flexibility index (Phi) is 5.12. The number of hydrogen-bond donors (Lipinski definition) is 2. The molecule has 3 heterocycles. The van der Waals surface area contributed by atoms with Gasteiger partial charge < -0.3 is 10.4 Å². The third-order valence-electron chi connectivity index (χ3n) is 5.56. The number of rotatable bonds is 5. The number of pyridine rings is 1. The van der Waals surface area contributed by atoms with Gasteiger partial charge in [0.15, 0.2) is 5.65 Å². The van der Waals surface area contributed by atoms with Crippen molar-refractivity contribution in [3.63, 3.8) is 0 Å². The lowest BCUT2D eigenvalue weighted by molar-refractivity contribution is 0.0307. The van der Waals surface area contributed by atoms with Crippen LogP contribution in [0.2, 0.25) is 0 Å². The molecule has 5 aromatic rings. The van der Waals surface area contributed by atoms with Crippen LogP contribution in [0.4, 0.5) is 13.6 Å². The number of nitrogens with zero attached hydrogens (tertiary/aromatic N) is 5. The maximum absolute atomic E-state index is 15.5. The molecule has 0 bridgehead atoms. The van der Waals surface area contributed by atoms with Crippen LogP contribution in [0.5, 0.6) is 0 Å². The van der Waals surface area contributed by atoms with Gasteiger partial charge in [0.2, 0.25) is 5.82 Å². The van der Waals surface area contributed by atoms with E-state index in [1.807, 2.05) is 0 Å². The van der Waals surface area contributed by atoms with Gasteiger partial charge in [0, 0.05) is 22.7 Å². The number of fused-ring (bicyclic) bond motifs is 2. The summed E-state index contributed by atoms with van der Waals surface area (Å²) in [5.74, 6) is -4.04. The number of alkyl halides is 2. The minimum Gasteiger partial charge on any atom is -0.465 e. The molecule has 1 atom stereocenters. The fraction of sp³-hybridized carbons (Fsp3) is 0.125. The monoisotopic (exact) mass is 460 g/mol. The maximum atomic E-state index is 15.5. The quantitative estimate of drug-likeness (QED) is 0.390. The molecule has 0 aliphatic heterocycles. The van der Waals surface area contributed by atoms with Gasteiger partial charge in [0.1, 0.15) is 0 Å². The van der Waals surface area contributed by atoms with Crippen LogP contribution in [0, 0.1) is 0 Å². The number of nitrogens with one attached hydrogen (secondary N) is 1. The van der Waals surface area contributed by atoms with E-state index in [0.717, 1.165) is 10.1 Å². The first-order valence-electron chi connectivity index (χ1n) is 10.4. The molecule has 8 nitrogen and oxygen atoms in total. The van der Waals surface area contributed by atoms with E-state index in [1.54, 1.807) is 67.7 Å². The highest BCUT2D eigenvalue weighted by atomic mass is 19.3. The Bertz CT molecular complexity index is 1520. The summed E-state index contributed by atoms with van der Waals surface area (Å²) in [6, 6.07) is 17.5. The Labute approximate surface area is 191 Å². The van der Waals surface area contributed by atoms with Crippen molar-refractivity contribution in [3.05, 3.63) is 89.9 Å². The van der Waals surface area contributed by atoms with Crippen molar-refractivity contribution in [2.24, 2.45) is 0 Å². The molecule has 0 fully saturated rings. The normalized spacial score (nSPS) is 12.7. The fourth-order valence-electron chi connectivity index (χ4n) is 3.75. The van der Waals surface area contributed by atoms with Crippen LogP contribution in [0.15, 0.2) is 72.9 Å². The van der Waals surface area contributed by atoms with Crippen LogP contribution >= 0.6 is 0 Å². The predicted molar refractivity (Wildman–Crippen MR) is 121 cm³/mol. The number of carbonyl (C=O) groups is 1. The third-order valence-corrected chi connectivity index (χ3v) is 5.56. The summed E-state index contributed by atoms with van der Waals surface area (Å²) in [5.41, 5.74) is 2.44. The first-order valence-corrected chi connectivity index (χ1v) is 10.4. The molecule has 1 amide bonds. The largest absolute Gasteiger partial charge is 0.465 e. The van der Waals surface area contributed by atoms with Gasteiger partial charge in [-0.15, -0.1) is 10.2 Å². The predicted octanol–water partition coefficient (Wildman–Crippen LogP) is 4.81. The lowest BCUT2D eigenvalue weighted by Crippen LogP contribution is -2.24. The summed E-state index contributed by atoms with van der Waals surface area (Å²) < 4.78 is 32.1. The Hall–Kier alpha value is -4.47. The molecule has 5 rings (SSSR count). The van der Waals surface area contributed by atoms with Crippen molar-refractivity contribution < 1.29 is 18.7 Å². The first kappa shape index (κ1) is 21.4. The van der Waals surface area contributed by atoms with Gasteiger partial charge in [-0.05, 0) is 42.8 Å². The van der Waals surface area contributed by atoms with Crippen molar-refractivity contribution in [3.8, 4) is 11.3 Å². The van der Waals surface area contributed by atoms with Crippen LogP contribution in [-0.4, -0.2) is 36.0 Å². The van der Waals surface area contributed by atoms with Gasteiger partial charge in [-0.2, -0.15) is 18.4 Å². The van der Waals surface area contributed by atoms with Crippen LogP contribution in [-0.2, 0) is 5.92 Å². The number of halogens is 2. The minimum atomic E-state index is -3.45. The second-order valence-electron chi connectivity index (χ2n) is 7.79. The second-order valence-corrected chi connectivity index (χ2v) is 7.79. The zero-order valence-corrected chi connectivity index (χ0v) is 17.9. The average Bonchev–Trinajstić information content (AvgIpc) is 3.27. The van der Waals surface area contributed by atoms with Gasteiger partial charge in [-0.25, -0.2) is 4.79 Å². The van der Waals surface area contributed by atoms with E-state index in [9.17, 15) is 4.79 Å². The molecule has 3 aromatic heterocycles. The topological polar surface area (TPSA) is 105 Å². The van der Waals surface area contributed by atoms with Crippen LogP contribution in [0.1, 0.15) is 29.9 Å². The van der Waals surface area contributed by atoms with Gasteiger partial charge in [0.25, 0.3) is 0 Å². The molecule has 34 heavy (non-hydrogen) atoms. The molecule has 0 saturated carbocycles. The molecule has 0 spiro atoms. The van der Waals surface area contributed by atoms with E-state index in [0.29, 0.717) is 22.2 Å². The fourth-order valence-corrected chi connectivity index (χ4v) is 3.75. The highest BCUT2D eigenvalue weighted by Gasteiger charge is 2.40. The maximum Gasteiger partial charge on any atom is 0.405 e. The molecule has 1 unspecified atom stereocenters. The molecular weight excluding hydrogens is 442 g/mol. The van der Waals surface area contributed by atoms with Crippen molar-refractivity contribution in [1.82, 2.24) is 30.1 Å². The van der Waals surface area contributed by atoms with Crippen LogP contribution < -0.4 is 5.32 Å². The summed E-state index contributed by atoms with van der Waals surface area (Å²) in [6.07, 6.45) is 0.487. The lowest BCUT2D eigenvalue weighted by Gasteiger charge is -2.15. The zero-order chi connectivity index (χ0) is 23.9. The Morgan fingerprint density at radius 3 is 2.62 bits per heavy atom. The van der Waals surface area contributed by atoms with E-state index < -0.39 is 23.9 Å². The summed E-state index contributed by atoms with van der Waals surface area (Å²) in [5, 5.41) is 23.8. The summed E-state index contributed by atoms with van der Waals surface area (Å²) in [6.45, 7) is 1.72. The number of aromatic nitrogens is 5.